The summed E-state index contributed by atoms with van der Waals surface area (Å²) in [6.07, 6.45) is 2.57. The molecule has 1 aliphatic rings. The number of nitrogens with one attached hydrogen (secondary N) is 2. The highest BCUT2D eigenvalue weighted by Gasteiger charge is 2.11. The van der Waals surface area contributed by atoms with Gasteiger partial charge >= 0.3 is 0 Å². The highest BCUT2D eigenvalue weighted by Crippen LogP contribution is 2.14. The molecule has 17 heavy (non-hydrogen) atoms. The van der Waals surface area contributed by atoms with Crippen molar-refractivity contribution >= 4 is 18.1 Å². The van der Waals surface area contributed by atoms with Crippen LogP contribution in [0.1, 0.15) is 18.4 Å². The van der Waals surface area contributed by atoms with Crippen LogP contribution in [0.25, 0.3) is 0 Å². The molecule has 4 heteroatoms. The Bertz CT molecular complexity index is 307. The number of nitrogens with two attached hydrogens (primary N) is 1. The van der Waals surface area contributed by atoms with Crippen LogP contribution in [0, 0.1) is 5.92 Å². The van der Waals surface area contributed by atoms with Gasteiger partial charge in [0.2, 0.25) is 0 Å². The molecular formula is C13H22ClN3. The topological polar surface area (TPSA) is 50.1 Å². The van der Waals surface area contributed by atoms with Crippen molar-refractivity contribution in [2.45, 2.75) is 19.4 Å². The first-order valence-corrected chi connectivity index (χ1v) is 6.12. The fourth-order valence-electron chi connectivity index (χ4n) is 2.11. The Balaban J connectivity index is 0.00000144. The van der Waals surface area contributed by atoms with E-state index in [1.54, 1.807) is 0 Å². The van der Waals surface area contributed by atoms with E-state index < -0.39 is 0 Å². The van der Waals surface area contributed by atoms with E-state index in [9.17, 15) is 0 Å². The second kappa shape index (κ2) is 7.54. The minimum atomic E-state index is 0. The summed E-state index contributed by atoms with van der Waals surface area (Å²) in [5.41, 5.74) is 7.96. The molecule has 0 aromatic heterocycles. The SMILES string of the molecule is Cl.NCc1ccc(NCC2CCNCC2)cc1. The molecule has 0 saturated carbocycles. The van der Waals surface area contributed by atoms with Crippen LogP contribution < -0.4 is 16.4 Å². The van der Waals surface area contributed by atoms with Crippen molar-refractivity contribution in [1.29, 1.82) is 0 Å². The van der Waals surface area contributed by atoms with Gasteiger partial charge in [-0.1, -0.05) is 12.1 Å². The first-order chi connectivity index (χ1) is 7.88. The van der Waals surface area contributed by atoms with Crippen molar-refractivity contribution in [3.63, 3.8) is 0 Å². The third-order valence-corrected chi connectivity index (χ3v) is 3.24. The summed E-state index contributed by atoms with van der Waals surface area (Å²) in [4.78, 5) is 0. The van der Waals surface area contributed by atoms with Gasteiger partial charge in [0.1, 0.15) is 0 Å². The Hall–Kier alpha value is -0.770. The molecule has 0 amide bonds. The van der Waals surface area contributed by atoms with Crippen LogP contribution in [-0.2, 0) is 6.54 Å². The number of hydrogen-bond donors (Lipinski definition) is 3. The van der Waals surface area contributed by atoms with E-state index in [0.717, 1.165) is 12.5 Å². The molecule has 0 unspecified atom stereocenters. The van der Waals surface area contributed by atoms with Gasteiger partial charge < -0.3 is 16.4 Å². The van der Waals surface area contributed by atoms with Crippen LogP contribution in [0.5, 0.6) is 0 Å². The summed E-state index contributed by atoms with van der Waals surface area (Å²) in [7, 11) is 0. The van der Waals surface area contributed by atoms with Crippen LogP contribution in [0.4, 0.5) is 5.69 Å². The van der Waals surface area contributed by atoms with E-state index >= 15 is 0 Å². The highest BCUT2D eigenvalue weighted by molar-refractivity contribution is 5.85. The fourth-order valence-corrected chi connectivity index (χ4v) is 2.11. The Morgan fingerprint density at radius 1 is 1.18 bits per heavy atom. The largest absolute Gasteiger partial charge is 0.385 e. The normalized spacial score (nSPS) is 16.3. The molecule has 1 aromatic carbocycles. The van der Waals surface area contributed by atoms with Gasteiger partial charge in [0, 0.05) is 18.8 Å². The van der Waals surface area contributed by atoms with Gasteiger partial charge in [-0.2, -0.15) is 0 Å². The van der Waals surface area contributed by atoms with Gasteiger partial charge in [-0.15, -0.1) is 12.4 Å². The summed E-state index contributed by atoms with van der Waals surface area (Å²) in [5, 5.41) is 6.88. The predicted octanol–water partition coefficient (Wildman–Crippen LogP) is 1.98. The molecule has 0 spiro atoms. The Morgan fingerprint density at radius 3 is 2.41 bits per heavy atom. The minimum absolute atomic E-state index is 0. The quantitative estimate of drug-likeness (QED) is 0.771. The van der Waals surface area contributed by atoms with Crippen molar-refractivity contribution < 1.29 is 0 Å². The van der Waals surface area contributed by atoms with E-state index in [0.29, 0.717) is 6.54 Å². The van der Waals surface area contributed by atoms with Crippen molar-refractivity contribution in [2.24, 2.45) is 11.7 Å². The van der Waals surface area contributed by atoms with Crippen LogP contribution in [0.3, 0.4) is 0 Å². The Labute approximate surface area is 110 Å². The summed E-state index contributed by atoms with van der Waals surface area (Å²) in [5.74, 6) is 0.815. The van der Waals surface area contributed by atoms with E-state index in [1.165, 1.54) is 37.2 Å². The smallest absolute Gasteiger partial charge is 0.0340 e. The van der Waals surface area contributed by atoms with Crippen molar-refractivity contribution in [1.82, 2.24) is 5.32 Å². The van der Waals surface area contributed by atoms with Crippen molar-refractivity contribution in [2.75, 3.05) is 25.0 Å². The summed E-state index contributed by atoms with van der Waals surface area (Å²) in [6.45, 7) is 4.04. The molecule has 4 N–H and O–H groups in total. The number of hydrogen-bond acceptors (Lipinski definition) is 3. The molecule has 1 aliphatic heterocycles. The van der Waals surface area contributed by atoms with Gasteiger partial charge in [0.25, 0.3) is 0 Å². The van der Waals surface area contributed by atoms with Crippen LogP contribution in [-0.4, -0.2) is 19.6 Å². The van der Waals surface area contributed by atoms with Gasteiger partial charge in [0.05, 0.1) is 0 Å². The molecule has 0 atom stereocenters. The second-order valence-corrected chi connectivity index (χ2v) is 4.48. The van der Waals surface area contributed by atoms with Gasteiger partial charge in [-0.05, 0) is 49.5 Å². The maximum absolute atomic E-state index is 5.56. The van der Waals surface area contributed by atoms with Gasteiger partial charge in [-0.3, -0.25) is 0 Å². The highest BCUT2D eigenvalue weighted by atomic mass is 35.5. The molecule has 2 rings (SSSR count). The zero-order valence-corrected chi connectivity index (χ0v) is 10.9. The molecule has 1 saturated heterocycles. The molecule has 1 aromatic rings. The van der Waals surface area contributed by atoms with Crippen molar-refractivity contribution in [3.8, 4) is 0 Å². The number of anilines is 1. The van der Waals surface area contributed by atoms with E-state index in [4.69, 9.17) is 5.73 Å². The molecular weight excluding hydrogens is 234 g/mol. The third-order valence-electron chi connectivity index (χ3n) is 3.24. The molecule has 1 fully saturated rings. The van der Waals surface area contributed by atoms with E-state index in [-0.39, 0.29) is 12.4 Å². The number of piperidine rings is 1. The van der Waals surface area contributed by atoms with Gasteiger partial charge in [-0.25, -0.2) is 0 Å². The molecule has 0 radical (unpaired) electrons. The predicted molar refractivity (Wildman–Crippen MR) is 75.7 cm³/mol. The molecule has 0 aliphatic carbocycles. The van der Waals surface area contributed by atoms with Crippen LogP contribution in [0.15, 0.2) is 24.3 Å². The second-order valence-electron chi connectivity index (χ2n) is 4.48. The average Bonchev–Trinajstić information content (AvgIpc) is 2.38. The monoisotopic (exact) mass is 255 g/mol. The average molecular weight is 256 g/mol. The number of rotatable bonds is 4. The lowest BCUT2D eigenvalue weighted by atomic mass is 9.98. The van der Waals surface area contributed by atoms with Crippen LogP contribution >= 0.6 is 12.4 Å². The molecule has 96 valence electrons. The number of halogens is 1. The maximum atomic E-state index is 5.56. The first kappa shape index (κ1) is 14.3. The first-order valence-electron chi connectivity index (χ1n) is 6.12. The van der Waals surface area contributed by atoms with E-state index in [1.807, 2.05) is 0 Å². The van der Waals surface area contributed by atoms with Gasteiger partial charge in [0.15, 0.2) is 0 Å². The molecule has 0 bridgehead atoms. The third kappa shape index (κ3) is 4.54. The lowest BCUT2D eigenvalue weighted by Crippen LogP contribution is -2.31. The summed E-state index contributed by atoms with van der Waals surface area (Å²) in [6, 6.07) is 8.40. The molecule has 3 nitrogen and oxygen atoms in total. The lowest BCUT2D eigenvalue weighted by molar-refractivity contribution is 0.390. The summed E-state index contributed by atoms with van der Waals surface area (Å²) >= 11 is 0. The standard InChI is InChI=1S/C13H21N3.ClH/c14-9-11-1-3-13(4-2-11)16-10-12-5-7-15-8-6-12;/h1-4,12,15-16H,5-10,14H2;1H. The zero-order chi connectivity index (χ0) is 11.2. The fraction of sp³-hybridized carbons (Fsp3) is 0.538. The lowest BCUT2D eigenvalue weighted by Gasteiger charge is -2.23. The molecule has 1 heterocycles. The Morgan fingerprint density at radius 2 is 1.82 bits per heavy atom. The zero-order valence-electron chi connectivity index (χ0n) is 10.1. The van der Waals surface area contributed by atoms with Crippen molar-refractivity contribution in [3.05, 3.63) is 29.8 Å². The van der Waals surface area contributed by atoms with Crippen LogP contribution in [0.2, 0.25) is 0 Å². The minimum Gasteiger partial charge on any atom is -0.385 e. The van der Waals surface area contributed by atoms with E-state index in [2.05, 4.69) is 34.9 Å². The summed E-state index contributed by atoms with van der Waals surface area (Å²) < 4.78 is 0. The Kier molecular flexibility index (Phi) is 6.34. The maximum Gasteiger partial charge on any atom is 0.0340 e. The number of benzene rings is 1.